The monoisotopic (exact) mass is 364 g/mol. The van der Waals surface area contributed by atoms with Crippen LogP contribution in [0.15, 0.2) is 72.8 Å². The van der Waals surface area contributed by atoms with Gasteiger partial charge in [-0.1, -0.05) is 41.4 Å². The van der Waals surface area contributed by atoms with Crippen molar-refractivity contribution in [2.75, 3.05) is 10.6 Å². The second kappa shape index (κ2) is 7.85. The summed E-state index contributed by atoms with van der Waals surface area (Å²) in [5.41, 5.74) is 3.30. The first kappa shape index (κ1) is 17.7. The minimum absolute atomic E-state index is 0.205. The lowest BCUT2D eigenvalue weighted by Crippen LogP contribution is -2.14. The Labute approximate surface area is 156 Å². The van der Waals surface area contributed by atoms with Gasteiger partial charge in [-0.25, -0.2) is 0 Å². The lowest BCUT2D eigenvalue weighted by atomic mass is 10.1. The van der Waals surface area contributed by atoms with Gasteiger partial charge in [0.2, 0.25) is 0 Å². The summed E-state index contributed by atoms with van der Waals surface area (Å²) in [6.45, 7) is 1.97. The summed E-state index contributed by atoms with van der Waals surface area (Å²) in [6.07, 6.45) is 0. The smallest absolute Gasteiger partial charge is 0.255 e. The van der Waals surface area contributed by atoms with E-state index < -0.39 is 0 Å². The third kappa shape index (κ3) is 4.49. The Bertz CT molecular complexity index is 952. The predicted molar refractivity (Wildman–Crippen MR) is 105 cm³/mol. The fourth-order valence-electron chi connectivity index (χ4n) is 2.42. The number of amides is 2. The van der Waals surface area contributed by atoms with Gasteiger partial charge in [0.1, 0.15) is 0 Å². The molecule has 0 aliphatic carbocycles. The highest BCUT2D eigenvalue weighted by Crippen LogP contribution is 2.18. The van der Waals surface area contributed by atoms with E-state index in [4.69, 9.17) is 11.6 Å². The van der Waals surface area contributed by atoms with Gasteiger partial charge in [0.25, 0.3) is 11.8 Å². The second-order valence-electron chi connectivity index (χ2n) is 5.87. The fourth-order valence-corrected chi connectivity index (χ4v) is 2.61. The van der Waals surface area contributed by atoms with Crippen molar-refractivity contribution in [3.8, 4) is 0 Å². The number of hydrogen-bond donors (Lipinski definition) is 2. The number of rotatable bonds is 4. The number of aryl methyl sites for hydroxylation is 1. The van der Waals surface area contributed by atoms with Crippen LogP contribution < -0.4 is 10.6 Å². The van der Waals surface area contributed by atoms with Crippen LogP contribution in [0.4, 0.5) is 11.4 Å². The molecule has 0 aromatic heterocycles. The van der Waals surface area contributed by atoms with Gasteiger partial charge >= 0.3 is 0 Å². The Morgan fingerprint density at radius 2 is 1.31 bits per heavy atom. The predicted octanol–water partition coefficient (Wildman–Crippen LogP) is 5.15. The van der Waals surface area contributed by atoms with Gasteiger partial charge in [-0.3, -0.25) is 9.59 Å². The van der Waals surface area contributed by atoms with Crippen LogP contribution in [-0.4, -0.2) is 11.8 Å². The molecule has 0 spiro atoms. The number of hydrogen-bond acceptors (Lipinski definition) is 2. The standard InChI is InChI=1S/C21H17ClN2O2/c1-14-8-10-15(11-9-14)20(25)23-18-6-3-7-19(13-18)24-21(26)16-4-2-5-17(22)12-16/h2-13H,1H3,(H,23,25)(H,24,26). The summed E-state index contributed by atoms with van der Waals surface area (Å²) in [5, 5.41) is 6.12. The highest BCUT2D eigenvalue weighted by molar-refractivity contribution is 6.31. The molecule has 0 heterocycles. The fraction of sp³-hybridized carbons (Fsp3) is 0.0476. The molecule has 0 aliphatic rings. The normalized spacial score (nSPS) is 10.2. The molecule has 0 radical (unpaired) electrons. The van der Waals surface area contributed by atoms with E-state index in [1.165, 1.54) is 0 Å². The molecule has 0 saturated carbocycles. The van der Waals surface area contributed by atoms with Crippen LogP contribution in [0.5, 0.6) is 0 Å². The van der Waals surface area contributed by atoms with E-state index in [1.807, 2.05) is 19.1 Å². The molecule has 0 bridgehead atoms. The molecule has 2 N–H and O–H groups in total. The van der Waals surface area contributed by atoms with E-state index in [2.05, 4.69) is 10.6 Å². The van der Waals surface area contributed by atoms with Crippen molar-refractivity contribution in [2.45, 2.75) is 6.92 Å². The van der Waals surface area contributed by atoms with Crippen LogP contribution >= 0.6 is 11.6 Å². The van der Waals surface area contributed by atoms with Gasteiger partial charge in [0, 0.05) is 27.5 Å². The molecule has 4 nitrogen and oxygen atoms in total. The summed E-state index contributed by atoms with van der Waals surface area (Å²) in [6, 6.07) is 21.0. The molecular formula is C21H17ClN2O2. The molecule has 0 saturated heterocycles. The van der Waals surface area contributed by atoms with Crippen molar-refractivity contribution in [1.82, 2.24) is 0 Å². The van der Waals surface area contributed by atoms with Gasteiger partial charge < -0.3 is 10.6 Å². The molecule has 3 rings (SSSR count). The van der Waals surface area contributed by atoms with Crippen molar-refractivity contribution in [3.05, 3.63) is 94.5 Å². The van der Waals surface area contributed by atoms with Crippen LogP contribution in [0.2, 0.25) is 5.02 Å². The summed E-state index contributed by atoms with van der Waals surface area (Å²) >= 11 is 5.91. The molecule has 5 heteroatoms. The maximum absolute atomic E-state index is 12.3. The Morgan fingerprint density at radius 1 is 0.731 bits per heavy atom. The minimum atomic E-state index is -0.269. The molecule has 0 aliphatic heterocycles. The summed E-state index contributed by atoms with van der Waals surface area (Å²) in [7, 11) is 0. The molecule has 3 aromatic carbocycles. The number of anilines is 2. The van der Waals surface area contributed by atoms with Crippen LogP contribution in [-0.2, 0) is 0 Å². The highest BCUT2D eigenvalue weighted by atomic mass is 35.5. The molecule has 26 heavy (non-hydrogen) atoms. The molecule has 0 atom stereocenters. The van der Waals surface area contributed by atoms with E-state index >= 15 is 0 Å². The molecule has 2 amide bonds. The topological polar surface area (TPSA) is 58.2 Å². The largest absolute Gasteiger partial charge is 0.322 e. The van der Waals surface area contributed by atoms with Crippen molar-refractivity contribution in [1.29, 1.82) is 0 Å². The van der Waals surface area contributed by atoms with E-state index in [9.17, 15) is 9.59 Å². The summed E-state index contributed by atoms with van der Waals surface area (Å²) < 4.78 is 0. The molecular weight excluding hydrogens is 348 g/mol. The second-order valence-corrected chi connectivity index (χ2v) is 6.30. The average Bonchev–Trinajstić information content (AvgIpc) is 2.62. The van der Waals surface area contributed by atoms with Gasteiger partial charge in [-0.05, 0) is 55.5 Å². The zero-order chi connectivity index (χ0) is 18.5. The van der Waals surface area contributed by atoms with E-state index in [-0.39, 0.29) is 11.8 Å². The summed E-state index contributed by atoms with van der Waals surface area (Å²) in [5.74, 6) is -0.474. The van der Waals surface area contributed by atoms with E-state index in [0.29, 0.717) is 27.5 Å². The van der Waals surface area contributed by atoms with Crippen molar-refractivity contribution in [2.24, 2.45) is 0 Å². The number of carbonyl (C=O) groups excluding carboxylic acids is 2. The lowest BCUT2D eigenvalue weighted by molar-refractivity contribution is 0.101. The van der Waals surface area contributed by atoms with Gasteiger partial charge in [-0.15, -0.1) is 0 Å². The van der Waals surface area contributed by atoms with Crippen molar-refractivity contribution in [3.63, 3.8) is 0 Å². The third-order valence-corrected chi connectivity index (χ3v) is 4.01. The number of benzene rings is 3. The summed E-state index contributed by atoms with van der Waals surface area (Å²) in [4.78, 5) is 24.6. The van der Waals surface area contributed by atoms with Gasteiger partial charge in [-0.2, -0.15) is 0 Å². The third-order valence-electron chi connectivity index (χ3n) is 3.78. The molecule has 0 unspecified atom stereocenters. The zero-order valence-electron chi connectivity index (χ0n) is 14.1. The highest BCUT2D eigenvalue weighted by Gasteiger charge is 2.09. The van der Waals surface area contributed by atoms with Crippen molar-refractivity contribution >= 4 is 34.8 Å². The van der Waals surface area contributed by atoms with Gasteiger partial charge in [0.05, 0.1) is 0 Å². The number of carbonyl (C=O) groups is 2. The van der Waals surface area contributed by atoms with Gasteiger partial charge in [0.15, 0.2) is 0 Å². The van der Waals surface area contributed by atoms with Crippen LogP contribution in [0.3, 0.4) is 0 Å². The Balaban J connectivity index is 1.71. The van der Waals surface area contributed by atoms with Crippen LogP contribution in [0.25, 0.3) is 0 Å². The number of nitrogens with one attached hydrogen (secondary N) is 2. The molecule has 3 aromatic rings. The van der Waals surface area contributed by atoms with Crippen LogP contribution in [0.1, 0.15) is 26.3 Å². The van der Waals surface area contributed by atoms with E-state index in [1.54, 1.807) is 60.7 Å². The SMILES string of the molecule is Cc1ccc(C(=O)Nc2cccc(NC(=O)c3cccc(Cl)c3)c2)cc1. The maximum atomic E-state index is 12.3. The van der Waals surface area contributed by atoms with Crippen molar-refractivity contribution < 1.29 is 9.59 Å². The van der Waals surface area contributed by atoms with Crippen LogP contribution in [0, 0.1) is 6.92 Å². The number of halogens is 1. The quantitative estimate of drug-likeness (QED) is 0.672. The Kier molecular flexibility index (Phi) is 5.34. The average molecular weight is 365 g/mol. The lowest BCUT2D eigenvalue weighted by Gasteiger charge is -2.09. The first-order valence-electron chi connectivity index (χ1n) is 8.06. The molecule has 0 fully saturated rings. The maximum Gasteiger partial charge on any atom is 0.255 e. The first-order valence-corrected chi connectivity index (χ1v) is 8.44. The zero-order valence-corrected chi connectivity index (χ0v) is 14.9. The first-order chi connectivity index (χ1) is 12.5. The Hall–Kier alpha value is -3.11. The minimum Gasteiger partial charge on any atom is -0.322 e. The van der Waals surface area contributed by atoms with E-state index in [0.717, 1.165) is 5.56 Å². The molecule has 130 valence electrons. The Morgan fingerprint density at radius 3 is 1.92 bits per heavy atom.